The molecule has 0 aliphatic carbocycles. The molecule has 2 rings (SSSR count). The van der Waals surface area contributed by atoms with Crippen molar-refractivity contribution < 1.29 is 4.79 Å². The molecule has 2 aliphatic heterocycles. The Morgan fingerprint density at radius 1 is 1.29 bits per heavy atom. The lowest BCUT2D eigenvalue weighted by atomic mass is 9.88. The summed E-state index contributed by atoms with van der Waals surface area (Å²) in [4.78, 5) is 15.1. The second kappa shape index (κ2) is 8.99. The molecule has 1 amide bonds. The topological polar surface area (TPSA) is 32.3 Å². The van der Waals surface area contributed by atoms with Crippen LogP contribution >= 0.6 is 12.4 Å². The van der Waals surface area contributed by atoms with Crippen LogP contribution in [0.3, 0.4) is 0 Å². The lowest BCUT2D eigenvalue weighted by Crippen LogP contribution is -2.49. The Hall–Kier alpha value is -0.280. The van der Waals surface area contributed by atoms with Crippen LogP contribution in [0.1, 0.15) is 65.7 Å². The van der Waals surface area contributed by atoms with Crippen LogP contribution in [0.5, 0.6) is 0 Å². The third-order valence-corrected chi connectivity index (χ3v) is 4.96. The minimum Gasteiger partial charge on any atom is -0.339 e. The molecule has 0 radical (unpaired) electrons. The Labute approximate surface area is 136 Å². The maximum absolute atomic E-state index is 12.9. The Bertz CT molecular complexity index is 322. The first-order chi connectivity index (χ1) is 9.58. The maximum Gasteiger partial charge on any atom is 0.226 e. The van der Waals surface area contributed by atoms with E-state index in [4.69, 9.17) is 0 Å². The van der Waals surface area contributed by atoms with Gasteiger partial charge in [-0.15, -0.1) is 12.4 Å². The minimum absolute atomic E-state index is 0. The van der Waals surface area contributed by atoms with E-state index >= 15 is 0 Å². The van der Waals surface area contributed by atoms with Gasteiger partial charge in [0.1, 0.15) is 0 Å². The molecular weight excluding hydrogens is 284 g/mol. The third kappa shape index (κ3) is 5.45. The summed E-state index contributed by atoms with van der Waals surface area (Å²) in [6.45, 7) is 8.76. The van der Waals surface area contributed by atoms with E-state index in [0.29, 0.717) is 18.0 Å². The number of hydrogen-bond donors (Lipinski definition) is 1. The summed E-state index contributed by atoms with van der Waals surface area (Å²) in [5.74, 6) is 1.46. The number of likely N-dealkylation sites (tertiary alicyclic amines) is 1. The SMILES string of the molecule is CC(C)CCC1CCCCN1C(=O)[C@H]1CCN[C@@H](C)C1.Cl. The van der Waals surface area contributed by atoms with E-state index in [2.05, 4.69) is 31.0 Å². The molecule has 0 aromatic rings. The molecule has 0 aromatic heterocycles. The third-order valence-electron chi connectivity index (χ3n) is 4.96. The van der Waals surface area contributed by atoms with E-state index in [1.54, 1.807) is 0 Å². The van der Waals surface area contributed by atoms with Gasteiger partial charge in [0.05, 0.1) is 0 Å². The van der Waals surface area contributed by atoms with Crippen LogP contribution in [0, 0.1) is 11.8 Å². The van der Waals surface area contributed by atoms with Crippen LogP contribution in [0.25, 0.3) is 0 Å². The quantitative estimate of drug-likeness (QED) is 0.859. The first kappa shape index (κ1) is 18.8. The molecule has 2 saturated heterocycles. The predicted molar refractivity (Wildman–Crippen MR) is 90.9 cm³/mol. The molecule has 21 heavy (non-hydrogen) atoms. The van der Waals surface area contributed by atoms with Crippen molar-refractivity contribution >= 4 is 18.3 Å². The first-order valence-corrected chi connectivity index (χ1v) is 8.61. The number of nitrogens with zero attached hydrogens (tertiary/aromatic N) is 1. The molecule has 1 unspecified atom stereocenters. The standard InChI is InChI=1S/C17H32N2O.ClH/c1-13(2)7-8-16-6-4-5-11-19(16)17(20)15-9-10-18-14(3)12-15;/h13-16,18H,4-12H2,1-3H3;1H/t14-,15-,16?;/m0./s1. The van der Waals surface area contributed by atoms with Crippen molar-refractivity contribution in [3.05, 3.63) is 0 Å². The number of hydrogen-bond acceptors (Lipinski definition) is 2. The molecular formula is C17H33ClN2O. The summed E-state index contributed by atoms with van der Waals surface area (Å²) < 4.78 is 0. The van der Waals surface area contributed by atoms with Crippen molar-refractivity contribution in [2.75, 3.05) is 13.1 Å². The van der Waals surface area contributed by atoms with Gasteiger partial charge in [0.15, 0.2) is 0 Å². The molecule has 124 valence electrons. The molecule has 1 N–H and O–H groups in total. The zero-order valence-corrected chi connectivity index (χ0v) is 14.8. The highest BCUT2D eigenvalue weighted by atomic mass is 35.5. The molecule has 2 aliphatic rings. The molecule has 0 aromatic carbocycles. The van der Waals surface area contributed by atoms with E-state index < -0.39 is 0 Å². The Kier molecular flexibility index (Phi) is 8.04. The molecule has 0 spiro atoms. The van der Waals surface area contributed by atoms with Gasteiger partial charge in [-0.25, -0.2) is 0 Å². The highest BCUT2D eigenvalue weighted by Crippen LogP contribution is 2.27. The van der Waals surface area contributed by atoms with Gasteiger partial charge >= 0.3 is 0 Å². The van der Waals surface area contributed by atoms with E-state index in [-0.39, 0.29) is 18.3 Å². The number of rotatable bonds is 4. The molecule has 2 fully saturated rings. The van der Waals surface area contributed by atoms with Crippen molar-refractivity contribution in [2.24, 2.45) is 11.8 Å². The molecule has 0 saturated carbocycles. The van der Waals surface area contributed by atoms with Crippen molar-refractivity contribution in [3.8, 4) is 0 Å². The Morgan fingerprint density at radius 3 is 2.71 bits per heavy atom. The minimum atomic E-state index is 0. The van der Waals surface area contributed by atoms with Crippen molar-refractivity contribution in [1.82, 2.24) is 10.2 Å². The highest BCUT2D eigenvalue weighted by molar-refractivity contribution is 5.85. The van der Waals surface area contributed by atoms with Crippen molar-refractivity contribution in [3.63, 3.8) is 0 Å². The van der Waals surface area contributed by atoms with Crippen LogP contribution in [-0.4, -0.2) is 36.0 Å². The number of halogens is 1. The number of piperidine rings is 2. The second-order valence-corrected chi connectivity index (χ2v) is 7.23. The summed E-state index contributed by atoms with van der Waals surface area (Å²) in [6, 6.07) is 1.01. The predicted octanol–water partition coefficient (Wildman–Crippen LogP) is 3.61. The lowest BCUT2D eigenvalue weighted by molar-refractivity contribution is -0.140. The normalized spacial score (nSPS) is 30.1. The number of nitrogens with one attached hydrogen (secondary N) is 1. The van der Waals surface area contributed by atoms with Crippen LogP contribution in [-0.2, 0) is 4.79 Å². The van der Waals surface area contributed by atoms with Crippen LogP contribution in [0.4, 0.5) is 0 Å². The fraction of sp³-hybridized carbons (Fsp3) is 0.941. The van der Waals surface area contributed by atoms with Gasteiger partial charge in [0, 0.05) is 24.5 Å². The fourth-order valence-electron chi connectivity index (χ4n) is 3.71. The summed E-state index contributed by atoms with van der Waals surface area (Å²) in [5.41, 5.74) is 0. The zero-order chi connectivity index (χ0) is 14.5. The Morgan fingerprint density at radius 2 is 2.05 bits per heavy atom. The van der Waals surface area contributed by atoms with Gasteiger partial charge < -0.3 is 10.2 Å². The molecule has 3 nitrogen and oxygen atoms in total. The number of carbonyl (C=O) groups is 1. The first-order valence-electron chi connectivity index (χ1n) is 8.61. The summed E-state index contributed by atoms with van der Waals surface area (Å²) >= 11 is 0. The van der Waals surface area contributed by atoms with Crippen molar-refractivity contribution in [2.45, 2.75) is 77.8 Å². The van der Waals surface area contributed by atoms with Crippen LogP contribution in [0.2, 0.25) is 0 Å². The number of carbonyl (C=O) groups excluding carboxylic acids is 1. The lowest BCUT2D eigenvalue weighted by Gasteiger charge is -2.40. The van der Waals surface area contributed by atoms with Gasteiger partial charge in [0.2, 0.25) is 5.91 Å². The van der Waals surface area contributed by atoms with E-state index in [0.717, 1.165) is 31.8 Å². The van der Waals surface area contributed by atoms with Gasteiger partial charge in [0.25, 0.3) is 0 Å². The van der Waals surface area contributed by atoms with Gasteiger partial charge in [-0.05, 0) is 64.3 Å². The molecule has 3 atom stereocenters. The van der Waals surface area contributed by atoms with Gasteiger partial charge in [-0.3, -0.25) is 4.79 Å². The average molecular weight is 317 g/mol. The fourth-order valence-corrected chi connectivity index (χ4v) is 3.71. The second-order valence-electron chi connectivity index (χ2n) is 7.23. The van der Waals surface area contributed by atoms with Crippen LogP contribution in [0.15, 0.2) is 0 Å². The summed E-state index contributed by atoms with van der Waals surface area (Å²) in [6.07, 6.45) is 8.21. The molecule has 2 heterocycles. The number of amides is 1. The smallest absolute Gasteiger partial charge is 0.226 e. The Balaban J connectivity index is 0.00000220. The highest BCUT2D eigenvalue weighted by Gasteiger charge is 2.33. The average Bonchev–Trinajstić information content (AvgIpc) is 2.44. The van der Waals surface area contributed by atoms with E-state index in [1.807, 2.05) is 0 Å². The monoisotopic (exact) mass is 316 g/mol. The van der Waals surface area contributed by atoms with E-state index in [1.165, 1.54) is 32.1 Å². The van der Waals surface area contributed by atoms with Crippen LogP contribution < -0.4 is 5.32 Å². The van der Waals surface area contributed by atoms with Gasteiger partial charge in [-0.2, -0.15) is 0 Å². The summed E-state index contributed by atoms with van der Waals surface area (Å²) in [7, 11) is 0. The summed E-state index contributed by atoms with van der Waals surface area (Å²) in [5, 5.41) is 3.45. The zero-order valence-electron chi connectivity index (χ0n) is 13.9. The van der Waals surface area contributed by atoms with Crippen molar-refractivity contribution in [1.29, 1.82) is 0 Å². The largest absolute Gasteiger partial charge is 0.339 e. The van der Waals surface area contributed by atoms with Gasteiger partial charge in [-0.1, -0.05) is 13.8 Å². The molecule has 4 heteroatoms. The molecule has 0 bridgehead atoms. The maximum atomic E-state index is 12.9. The van der Waals surface area contributed by atoms with E-state index in [9.17, 15) is 4.79 Å².